The fourth-order valence-electron chi connectivity index (χ4n) is 3.96. The van der Waals surface area contributed by atoms with E-state index in [4.69, 9.17) is 0 Å². The molecule has 0 unspecified atom stereocenters. The summed E-state index contributed by atoms with van der Waals surface area (Å²) in [6, 6.07) is 16.5. The molecule has 33 heavy (non-hydrogen) atoms. The minimum Gasteiger partial charge on any atom is -0.298 e. The normalized spacial score (nSPS) is 14.3. The van der Waals surface area contributed by atoms with Crippen LogP contribution in [0.3, 0.4) is 0 Å². The first-order chi connectivity index (χ1) is 15.9. The van der Waals surface area contributed by atoms with Gasteiger partial charge in [0.1, 0.15) is 0 Å². The molecule has 0 bridgehead atoms. The summed E-state index contributed by atoms with van der Waals surface area (Å²) in [4.78, 5) is 21.1. The summed E-state index contributed by atoms with van der Waals surface area (Å²) in [6.07, 6.45) is 0.839. The highest BCUT2D eigenvalue weighted by atomic mass is 32.2. The van der Waals surface area contributed by atoms with Crippen molar-refractivity contribution in [1.29, 1.82) is 0 Å². The predicted molar refractivity (Wildman–Crippen MR) is 131 cm³/mol. The number of fused-ring (bicyclic) bond motifs is 1. The molecule has 0 radical (unpaired) electrons. The molecule has 2 aromatic carbocycles. The van der Waals surface area contributed by atoms with Gasteiger partial charge in [-0.1, -0.05) is 50.2 Å². The van der Waals surface area contributed by atoms with Gasteiger partial charge < -0.3 is 0 Å². The van der Waals surface area contributed by atoms with Gasteiger partial charge in [-0.3, -0.25) is 15.0 Å². The van der Waals surface area contributed by atoms with Crippen LogP contribution in [0.4, 0.5) is 5.13 Å². The zero-order valence-corrected chi connectivity index (χ0v) is 20.5. The van der Waals surface area contributed by atoms with E-state index in [2.05, 4.69) is 27.3 Å². The number of thiazole rings is 1. The van der Waals surface area contributed by atoms with Crippen LogP contribution in [0.15, 0.2) is 59.5 Å². The number of sulfonamides is 1. The summed E-state index contributed by atoms with van der Waals surface area (Å²) in [5, 5.41) is 3.40. The maximum atomic E-state index is 12.9. The van der Waals surface area contributed by atoms with Crippen LogP contribution < -0.4 is 5.32 Å². The van der Waals surface area contributed by atoms with Crippen molar-refractivity contribution in [2.24, 2.45) is 0 Å². The van der Waals surface area contributed by atoms with E-state index in [0.29, 0.717) is 23.8 Å². The van der Waals surface area contributed by atoms with Gasteiger partial charge in [-0.05, 0) is 23.8 Å². The Bertz CT molecular complexity index is 1220. The van der Waals surface area contributed by atoms with Crippen molar-refractivity contribution in [3.8, 4) is 0 Å². The van der Waals surface area contributed by atoms with Gasteiger partial charge in [0.25, 0.3) is 5.91 Å². The maximum Gasteiger partial charge on any atom is 0.257 e. The third-order valence-electron chi connectivity index (χ3n) is 5.72. The molecule has 174 valence electrons. The number of benzene rings is 2. The van der Waals surface area contributed by atoms with E-state index in [-0.39, 0.29) is 10.8 Å². The molecule has 3 aromatic rings. The van der Waals surface area contributed by atoms with Gasteiger partial charge in [0.05, 0.1) is 10.6 Å². The third-order valence-corrected chi connectivity index (χ3v) is 8.76. The van der Waals surface area contributed by atoms with Crippen LogP contribution in [-0.4, -0.2) is 48.1 Å². The SMILES string of the molecule is CCN(CC)S(=O)(=O)c1cccc(C(=O)Nc2nc3c(s2)CN(Cc2ccccc2)CC3)c1. The second-order valence-corrected chi connectivity index (χ2v) is 10.9. The number of aromatic nitrogens is 1. The lowest BCUT2D eigenvalue weighted by atomic mass is 10.1. The van der Waals surface area contributed by atoms with E-state index in [9.17, 15) is 13.2 Å². The molecule has 1 aromatic heterocycles. The number of nitrogens with one attached hydrogen (secondary N) is 1. The number of rotatable bonds is 8. The summed E-state index contributed by atoms with van der Waals surface area (Å²) in [7, 11) is -3.63. The number of carbonyl (C=O) groups excluding carboxylic acids is 1. The first-order valence-corrected chi connectivity index (χ1v) is 13.3. The lowest BCUT2D eigenvalue weighted by molar-refractivity contribution is 0.102. The van der Waals surface area contributed by atoms with Crippen molar-refractivity contribution >= 4 is 32.4 Å². The third kappa shape index (κ3) is 5.33. The molecule has 0 saturated heterocycles. The fraction of sp³-hybridized carbons (Fsp3) is 0.333. The molecule has 7 nitrogen and oxygen atoms in total. The molecule has 0 saturated carbocycles. The largest absolute Gasteiger partial charge is 0.298 e. The molecule has 9 heteroatoms. The van der Waals surface area contributed by atoms with E-state index in [1.54, 1.807) is 26.0 Å². The molecule has 0 aliphatic carbocycles. The Morgan fingerprint density at radius 1 is 1.12 bits per heavy atom. The highest BCUT2D eigenvalue weighted by Crippen LogP contribution is 2.29. The Hall–Kier alpha value is -2.59. The maximum absolute atomic E-state index is 12.9. The Balaban J connectivity index is 1.45. The Morgan fingerprint density at radius 3 is 2.61 bits per heavy atom. The molecule has 4 rings (SSSR count). The van der Waals surface area contributed by atoms with E-state index >= 15 is 0 Å². The molecule has 1 amide bonds. The molecule has 0 atom stereocenters. The van der Waals surface area contributed by atoms with Crippen molar-refractivity contribution in [2.45, 2.75) is 38.3 Å². The van der Waals surface area contributed by atoms with Crippen LogP contribution in [0.25, 0.3) is 0 Å². The van der Waals surface area contributed by atoms with Crippen molar-refractivity contribution in [1.82, 2.24) is 14.2 Å². The van der Waals surface area contributed by atoms with Crippen molar-refractivity contribution in [3.05, 3.63) is 76.3 Å². The Labute approximate surface area is 199 Å². The van der Waals surface area contributed by atoms with Crippen LogP contribution in [0.5, 0.6) is 0 Å². The molecule has 1 aliphatic rings. The van der Waals surface area contributed by atoms with Crippen molar-refractivity contribution in [2.75, 3.05) is 25.0 Å². The predicted octanol–water partition coefficient (Wildman–Crippen LogP) is 3.98. The van der Waals surface area contributed by atoms with Crippen molar-refractivity contribution < 1.29 is 13.2 Å². The molecule has 1 N–H and O–H groups in total. The quantitative estimate of drug-likeness (QED) is 0.523. The first kappa shape index (κ1) is 23.6. The van der Waals surface area contributed by atoms with Crippen LogP contribution in [0.1, 0.15) is 40.3 Å². The molecule has 2 heterocycles. The van der Waals surface area contributed by atoms with Crippen LogP contribution in [-0.2, 0) is 29.5 Å². The molecule has 0 fully saturated rings. The molecular weight excluding hydrogens is 456 g/mol. The Kier molecular flexibility index (Phi) is 7.23. The van der Waals surface area contributed by atoms with Crippen LogP contribution in [0, 0.1) is 0 Å². The van der Waals surface area contributed by atoms with Gasteiger partial charge in [0.2, 0.25) is 10.0 Å². The standard InChI is InChI=1S/C24H28N4O3S2/c1-3-28(4-2)33(30,31)20-12-8-11-19(15-20)23(29)26-24-25-21-13-14-27(17-22(21)32-24)16-18-9-6-5-7-10-18/h5-12,15H,3-4,13-14,16-17H2,1-2H3,(H,25,26,29). The lowest BCUT2D eigenvalue weighted by Crippen LogP contribution is -2.30. The van der Waals surface area contributed by atoms with Gasteiger partial charge in [-0.2, -0.15) is 4.31 Å². The summed E-state index contributed by atoms with van der Waals surface area (Å²) in [6.45, 7) is 6.95. The topological polar surface area (TPSA) is 82.6 Å². The first-order valence-electron chi connectivity index (χ1n) is 11.1. The summed E-state index contributed by atoms with van der Waals surface area (Å²) in [5.41, 5.74) is 2.60. The summed E-state index contributed by atoms with van der Waals surface area (Å²) >= 11 is 1.48. The lowest BCUT2D eigenvalue weighted by Gasteiger charge is -2.25. The second-order valence-electron chi connectivity index (χ2n) is 7.91. The number of amides is 1. The zero-order chi connectivity index (χ0) is 23.4. The second kappa shape index (κ2) is 10.1. The highest BCUT2D eigenvalue weighted by Gasteiger charge is 2.24. The number of anilines is 1. The summed E-state index contributed by atoms with van der Waals surface area (Å²) in [5.74, 6) is -0.362. The van der Waals surface area contributed by atoms with E-state index < -0.39 is 10.0 Å². The van der Waals surface area contributed by atoms with E-state index in [1.165, 1.54) is 33.3 Å². The van der Waals surface area contributed by atoms with E-state index in [0.717, 1.165) is 36.6 Å². The minimum atomic E-state index is -3.63. The van der Waals surface area contributed by atoms with E-state index in [1.807, 2.05) is 18.2 Å². The van der Waals surface area contributed by atoms with Gasteiger partial charge in [0.15, 0.2) is 5.13 Å². The average molecular weight is 485 g/mol. The monoisotopic (exact) mass is 484 g/mol. The zero-order valence-electron chi connectivity index (χ0n) is 18.8. The number of hydrogen-bond acceptors (Lipinski definition) is 6. The molecular formula is C24H28N4O3S2. The van der Waals surface area contributed by atoms with Gasteiger partial charge in [0, 0.05) is 49.6 Å². The fourth-order valence-corrected chi connectivity index (χ4v) is 6.51. The highest BCUT2D eigenvalue weighted by molar-refractivity contribution is 7.89. The Morgan fingerprint density at radius 2 is 1.88 bits per heavy atom. The average Bonchev–Trinajstić information content (AvgIpc) is 3.22. The van der Waals surface area contributed by atoms with Crippen LogP contribution in [0.2, 0.25) is 0 Å². The molecule has 1 aliphatic heterocycles. The van der Waals surface area contributed by atoms with Crippen molar-refractivity contribution in [3.63, 3.8) is 0 Å². The minimum absolute atomic E-state index is 0.119. The van der Waals surface area contributed by atoms with Crippen LogP contribution >= 0.6 is 11.3 Å². The van der Waals surface area contributed by atoms with Gasteiger partial charge >= 0.3 is 0 Å². The summed E-state index contributed by atoms with van der Waals surface area (Å²) < 4.78 is 27.0. The number of carbonyl (C=O) groups is 1. The number of hydrogen-bond donors (Lipinski definition) is 1. The smallest absolute Gasteiger partial charge is 0.257 e. The van der Waals surface area contributed by atoms with Gasteiger partial charge in [-0.15, -0.1) is 11.3 Å². The van der Waals surface area contributed by atoms with Gasteiger partial charge in [-0.25, -0.2) is 13.4 Å². The molecule has 0 spiro atoms. The number of nitrogens with zero attached hydrogens (tertiary/aromatic N) is 3.